The third kappa shape index (κ3) is 2.58. The molecule has 148 valence electrons. The van der Waals surface area contributed by atoms with Crippen LogP contribution in [0, 0.1) is 22.7 Å². The van der Waals surface area contributed by atoms with Gasteiger partial charge in [0.2, 0.25) is 0 Å². The molecule has 0 saturated heterocycles. The maximum Gasteiger partial charge on any atom is 0.305 e. The first-order chi connectivity index (χ1) is 12.7. The van der Waals surface area contributed by atoms with Gasteiger partial charge in [0, 0.05) is 17.3 Å². The van der Waals surface area contributed by atoms with Crippen molar-refractivity contribution < 1.29 is 14.3 Å². The van der Waals surface area contributed by atoms with Gasteiger partial charge in [0.1, 0.15) is 6.10 Å². The lowest BCUT2D eigenvalue weighted by Gasteiger charge is -2.63. The van der Waals surface area contributed by atoms with Crippen LogP contribution in [0.2, 0.25) is 0 Å². The molecule has 0 aromatic rings. The van der Waals surface area contributed by atoms with Crippen LogP contribution in [0.5, 0.6) is 0 Å². The molecule has 0 bridgehead atoms. The number of ketones is 1. The molecule has 7 atom stereocenters. The Balaban J connectivity index is 1.72. The van der Waals surface area contributed by atoms with Crippen LogP contribution in [-0.2, 0) is 14.3 Å². The third-order valence-corrected chi connectivity index (χ3v) is 10.8. The zero-order valence-corrected chi connectivity index (χ0v) is 18.6. The van der Waals surface area contributed by atoms with E-state index >= 15 is 0 Å². The van der Waals surface area contributed by atoms with E-state index in [0.717, 1.165) is 32.1 Å². The second kappa shape index (κ2) is 6.45. The Labute approximate surface area is 175 Å². The van der Waals surface area contributed by atoms with Gasteiger partial charge in [-0.05, 0) is 56.1 Å². The fourth-order valence-electron chi connectivity index (χ4n) is 6.53. The average molecular weight is 456 g/mol. The highest BCUT2D eigenvalue weighted by Gasteiger charge is 2.68. The van der Waals surface area contributed by atoms with E-state index in [-0.39, 0.29) is 38.4 Å². The molecule has 3 nitrogen and oxygen atoms in total. The van der Waals surface area contributed by atoms with Crippen LogP contribution in [0.3, 0.4) is 0 Å². The fraction of sp³-hybridized carbons (Fsp3) is 0.727. The third-order valence-electron chi connectivity index (χ3n) is 8.07. The predicted molar refractivity (Wildman–Crippen MR) is 110 cm³/mol. The fourth-order valence-corrected chi connectivity index (χ4v) is 8.35. The largest absolute Gasteiger partial charge is 0.462 e. The van der Waals surface area contributed by atoms with E-state index in [0.29, 0.717) is 18.3 Å². The molecule has 5 heteroatoms. The van der Waals surface area contributed by atoms with Crippen molar-refractivity contribution in [2.75, 3.05) is 0 Å². The number of hydrogen-bond acceptors (Lipinski definition) is 3. The van der Waals surface area contributed by atoms with E-state index in [4.69, 9.17) is 16.3 Å². The first kappa shape index (κ1) is 19.7. The zero-order valence-electron chi connectivity index (χ0n) is 16.3. The Morgan fingerprint density at radius 2 is 2.04 bits per heavy atom. The minimum atomic E-state index is -0.281. The number of carbonyl (C=O) groups excluding carboxylic acids is 2. The monoisotopic (exact) mass is 454 g/mol. The molecule has 4 rings (SSSR count). The molecule has 7 unspecified atom stereocenters. The van der Waals surface area contributed by atoms with E-state index in [1.54, 1.807) is 6.08 Å². The molecule has 0 spiro atoms. The van der Waals surface area contributed by atoms with Crippen molar-refractivity contribution in [1.82, 2.24) is 0 Å². The number of alkyl halides is 2. The summed E-state index contributed by atoms with van der Waals surface area (Å²) in [6.45, 7) is 6.34. The van der Waals surface area contributed by atoms with E-state index in [1.165, 1.54) is 5.57 Å². The lowest BCUT2D eigenvalue weighted by atomic mass is 9.48. The van der Waals surface area contributed by atoms with Gasteiger partial charge in [0.25, 0.3) is 0 Å². The SMILES string of the molecule is CCC(=O)OC1CCC2C3CCC4=CC(=O)C=CC4(C)C3(Br)C(Cl)CC12C. The molecule has 27 heavy (non-hydrogen) atoms. The van der Waals surface area contributed by atoms with Crippen LogP contribution in [0.25, 0.3) is 0 Å². The average Bonchev–Trinajstić information content (AvgIpc) is 2.93. The number of esters is 1. The van der Waals surface area contributed by atoms with Crippen molar-refractivity contribution in [1.29, 1.82) is 0 Å². The van der Waals surface area contributed by atoms with Gasteiger partial charge in [-0.1, -0.05) is 48.4 Å². The molecular weight excluding hydrogens is 428 g/mol. The Morgan fingerprint density at radius 3 is 2.74 bits per heavy atom. The van der Waals surface area contributed by atoms with Gasteiger partial charge in [-0.2, -0.15) is 0 Å². The summed E-state index contributed by atoms with van der Waals surface area (Å²) in [6, 6.07) is 0. The maximum atomic E-state index is 12.0. The first-order valence-corrected chi connectivity index (χ1v) is 11.4. The summed E-state index contributed by atoms with van der Waals surface area (Å²) >= 11 is 11.3. The minimum Gasteiger partial charge on any atom is -0.462 e. The molecular formula is C22H28BrClO3. The molecule has 3 saturated carbocycles. The smallest absolute Gasteiger partial charge is 0.305 e. The van der Waals surface area contributed by atoms with Crippen LogP contribution in [0.15, 0.2) is 23.8 Å². The van der Waals surface area contributed by atoms with Crippen LogP contribution in [0.1, 0.15) is 59.3 Å². The standard InChI is InChI=1S/C22H28BrClO3/c1-4-19(26)27-18-8-7-15-16-6-5-13-11-14(25)9-10-21(13,3)22(16,23)17(24)12-20(15,18)2/h9-11,15-18H,4-8,12H2,1-3H3. The number of hydrogen-bond donors (Lipinski definition) is 0. The highest BCUT2D eigenvalue weighted by Crippen LogP contribution is 2.70. The zero-order chi connectivity index (χ0) is 19.6. The van der Waals surface area contributed by atoms with Gasteiger partial charge >= 0.3 is 5.97 Å². The number of fused-ring (bicyclic) bond motifs is 5. The Bertz CT molecular complexity index is 746. The van der Waals surface area contributed by atoms with Crippen molar-refractivity contribution in [3.8, 4) is 0 Å². The van der Waals surface area contributed by atoms with Crippen molar-refractivity contribution >= 4 is 39.3 Å². The van der Waals surface area contributed by atoms with Gasteiger partial charge in [-0.25, -0.2) is 0 Å². The molecule has 0 heterocycles. The molecule has 0 aromatic carbocycles. The predicted octanol–water partition coefficient (Wildman–Crippen LogP) is 5.35. The molecule has 4 aliphatic rings. The summed E-state index contributed by atoms with van der Waals surface area (Å²) in [5, 5.41) is -0.101. The first-order valence-electron chi connectivity index (χ1n) is 10.1. The van der Waals surface area contributed by atoms with Gasteiger partial charge in [0.05, 0.1) is 9.70 Å². The number of allylic oxidation sites excluding steroid dienone is 4. The maximum absolute atomic E-state index is 12.0. The normalized spacial score (nSPS) is 48.3. The summed E-state index contributed by atoms with van der Waals surface area (Å²) in [6.07, 6.45) is 10.7. The van der Waals surface area contributed by atoms with Crippen LogP contribution in [0.4, 0.5) is 0 Å². The van der Waals surface area contributed by atoms with Gasteiger partial charge in [0.15, 0.2) is 5.78 Å². The van der Waals surface area contributed by atoms with Crippen LogP contribution < -0.4 is 0 Å². The topological polar surface area (TPSA) is 43.4 Å². The van der Waals surface area contributed by atoms with Gasteiger partial charge in [-0.3, -0.25) is 9.59 Å². The molecule has 4 aliphatic carbocycles. The summed E-state index contributed by atoms with van der Waals surface area (Å²) in [5.41, 5.74) is 0.866. The highest BCUT2D eigenvalue weighted by atomic mass is 79.9. The van der Waals surface area contributed by atoms with Crippen LogP contribution in [-0.4, -0.2) is 27.6 Å². The van der Waals surface area contributed by atoms with Crippen molar-refractivity contribution in [3.63, 3.8) is 0 Å². The lowest BCUT2D eigenvalue weighted by Crippen LogP contribution is -2.64. The van der Waals surface area contributed by atoms with E-state index in [2.05, 4.69) is 35.9 Å². The van der Waals surface area contributed by atoms with E-state index < -0.39 is 0 Å². The minimum absolute atomic E-state index is 0.0403. The van der Waals surface area contributed by atoms with Crippen LogP contribution >= 0.6 is 27.5 Å². The molecule has 0 aromatic heterocycles. The number of rotatable bonds is 2. The molecule has 0 radical (unpaired) electrons. The number of halogens is 2. The van der Waals surface area contributed by atoms with Gasteiger partial charge in [-0.15, -0.1) is 11.6 Å². The molecule has 0 N–H and O–H groups in total. The summed E-state index contributed by atoms with van der Waals surface area (Å²) in [5.74, 6) is 0.824. The number of ether oxygens (including phenoxy) is 1. The van der Waals surface area contributed by atoms with E-state index in [1.807, 2.05) is 13.0 Å². The summed E-state index contributed by atoms with van der Waals surface area (Å²) in [4.78, 5) is 23.9. The lowest BCUT2D eigenvalue weighted by molar-refractivity contribution is -0.157. The van der Waals surface area contributed by atoms with E-state index in [9.17, 15) is 9.59 Å². The molecule has 0 aliphatic heterocycles. The number of carbonyl (C=O) groups is 2. The summed E-state index contributed by atoms with van der Waals surface area (Å²) in [7, 11) is 0. The quantitative estimate of drug-likeness (QED) is 0.416. The highest BCUT2D eigenvalue weighted by molar-refractivity contribution is 9.10. The Kier molecular flexibility index (Phi) is 4.71. The molecule has 0 amide bonds. The second-order valence-electron chi connectivity index (χ2n) is 9.21. The summed E-state index contributed by atoms with van der Waals surface area (Å²) < 4.78 is 5.58. The molecule has 3 fully saturated rings. The van der Waals surface area contributed by atoms with Gasteiger partial charge < -0.3 is 4.74 Å². The Hall–Kier alpha value is -0.610. The second-order valence-corrected chi connectivity index (χ2v) is 11.1. The van der Waals surface area contributed by atoms with Crippen molar-refractivity contribution in [3.05, 3.63) is 23.8 Å². The Morgan fingerprint density at radius 1 is 1.30 bits per heavy atom. The van der Waals surface area contributed by atoms with Crippen molar-refractivity contribution in [2.45, 2.75) is 75.1 Å². The van der Waals surface area contributed by atoms with Crippen molar-refractivity contribution in [2.24, 2.45) is 22.7 Å².